The van der Waals surface area contributed by atoms with Crippen LogP contribution in [0.25, 0.3) is 0 Å². The van der Waals surface area contributed by atoms with Gasteiger partial charge in [0, 0.05) is 6.20 Å². The van der Waals surface area contributed by atoms with Gasteiger partial charge >= 0.3 is 19.4 Å². The van der Waals surface area contributed by atoms with E-state index >= 15 is 0 Å². The minimum absolute atomic E-state index is 0.00936. The SMILES string of the molecule is CC(C)OC(=O)[C@@H](C)N[P@@](=O)(OC[C@H]1O[C@@H](n2cc(I)c(N)nc2=O)[C@](C)(O)[C@@H]1O)Oc1ccccc1. The number of para-hydroxylation sites is 1. The van der Waals surface area contributed by atoms with E-state index in [0.29, 0.717) is 3.57 Å². The number of carbonyl (C=O) groups is 1. The highest BCUT2D eigenvalue weighted by Crippen LogP contribution is 2.47. The molecule has 5 N–H and O–H groups in total. The Morgan fingerprint density at radius 1 is 1.35 bits per heavy atom. The van der Waals surface area contributed by atoms with Gasteiger partial charge < -0.3 is 29.9 Å². The van der Waals surface area contributed by atoms with Crippen LogP contribution in [-0.2, 0) is 23.4 Å². The Hall–Kier alpha value is -2.07. The van der Waals surface area contributed by atoms with Crippen LogP contribution in [0.2, 0.25) is 0 Å². The van der Waals surface area contributed by atoms with E-state index in [9.17, 15) is 24.4 Å². The van der Waals surface area contributed by atoms with Crippen molar-refractivity contribution >= 4 is 42.1 Å². The van der Waals surface area contributed by atoms with Crippen molar-refractivity contribution in [2.45, 2.75) is 63.9 Å². The number of rotatable bonds is 10. The van der Waals surface area contributed by atoms with Gasteiger partial charge in [-0.2, -0.15) is 10.1 Å². The third kappa shape index (κ3) is 7.07. The van der Waals surface area contributed by atoms with E-state index in [1.165, 1.54) is 20.0 Å². The molecule has 2 heterocycles. The lowest BCUT2D eigenvalue weighted by molar-refractivity contribution is -0.149. The summed E-state index contributed by atoms with van der Waals surface area (Å²) in [7, 11) is -4.25. The van der Waals surface area contributed by atoms with Crippen molar-refractivity contribution in [2.75, 3.05) is 12.3 Å². The molecule has 0 aliphatic carbocycles. The number of anilines is 1. The highest BCUT2D eigenvalue weighted by molar-refractivity contribution is 14.1. The Balaban J connectivity index is 1.81. The largest absolute Gasteiger partial charge is 0.462 e. The maximum Gasteiger partial charge on any atom is 0.459 e. The minimum atomic E-state index is -4.25. The van der Waals surface area contributed by atoms with E-state index in [0.717, 1.165) is 4.57 Å². The summed E-state index contributed by atoms with van der Waals surface area (Å²) in [5.41, 5.74) is 2.92. The first kappa shape index (κ1) is 29.5. The third-order valence-corrected chi connectivity index (χ3v) is 7.85. The van der Waals surface area contributed by atoms with Gasteiger partial charge in [-0.1, -0.05) is 18.2 Å². The maximum absolute atomic E-state index is 13.7. The molecule has 1 saturated heterocycles. The van der Waals surface area contributed by atoms with E-state index in [4.69, 9.17) is 24.3 Å². The molecule has 204 valence electrons. The van der Waals surface area contributed by atoms with E-state index in [1.807, 2.05) is 22.6 Å². The molecule has 0 spiro atoms. The summed E-state index contributed by atoms with van der Waals surface area (Å²) < 4.78 is 37.1. The van der Waals surface area contributed by atoms with Crippen LogP contribution in [0, 0.1) is 3.57 Å². The second kappa shape index (κ2) is 11.8. The Morgan fingerprint density at radius 3 is 2.62 bits per heavy atom. The van der Waals surface area contributed by atoms with Crippen LogP contribution in [0.15, 0.2) is 41.3 Å². The zero-order valence-electron chi connectivity index (χ0n) is 20.6. The lowest BCUT2D eigenvalue weighted by atomic mass is 9.96. The number of aromatic nitrogens is 2. The first-order valence-corrected chi connectivity index (χ1v) is 13.9. The van der Waals surface area contributed by atoms with Gasteiger partial charge in [-0.3, -0.25) is 13.9 Å². The molecule has 0 bridgehead atoms. The normalized spacial score (nSPS) is 26.0. The number of nitrogen functional groups attached to an aromatic ring is 1. The van der Waals surface area contributed by atoms with Crippen LogP contribution in [-0.4, -0.2) is 62.3 Å². The standard InChI is InChI=1S/C22H30IN4O9P/c1-12(2)34-19(29)13(3)26-37(32,36-14-8-6-5-7-9-14)33-11-16-17(28)22(4,31)20(35-16)27-10-15(23)18(24)25-21(27)30/h5-10,12-13,16-17,20,28,31H,11H2,1-4H3,(H,26,32)(H2,24,25,30)/t13-,16-,17-,20-,22-,37-/m1/s1. The molecule has 0 radical (unpaired) electrons. The van der Waals surface area contributed by atoms with E-state index in [-0.39, 0.29) is 11.6 Å². The van der Waals surface area contributed by atoms with Crippen molar-refractivity contribution in [2.24, 2.45) is 0 Å². The van der Waals surface area contributed by atoms with Gasteiger partial charge in [0.2, 0.25) is 0 Å². The van der Waals surface area contributed by atoms with Crippen LogP contribution >= 0.6 is 30.3 Å². The van der Waals surface area contributed by atoms with Crippen LogP contribution in [0.4, 0.5) is 5.82 Å². The molecule has 3 rings (SSSR count). The number of esters is 1. The fraction of sp³-hybridized carbons (Fsp3) is 0.500. The summed E-state index contributed by atoms with van der Waals surface area (Å²) >= 11 is 1.87. The molecule has 13 nitrogen and oxygen atoms in total. The van der Waals surface area contributed by atoms with E-state index < -0.39 is 62.2 Å². The molecule has 0 saturated carbocycles. The fourth-order valence-electron chi connectivity index (χ4n) is 3.51. The van der Waals surface area contributed by atoms with Gasteiger partial charge in [0.15, 0.2) is 6.23 Å². The minimum Gasteiger partial charge on any atom is -0.462 e. The highest BCUT2D eigenvalue weighted by atomic mass is 127. The summed E-state index contributed by atoms with van der Waals surface area (Å²) in [5, 5.41) is 24.3. The average molecular weight is 652 g/mol. The molecule has 2 aromatic rings. The number of carbonyl (C=O) groups excluding carboxylic acids is 1. The van der Waals surface area contributed by atoms with Crippen molar-refractivity contribution in [1.82, 2.24) is 14.6 Å². The molecule has 1 aliphatic heterocycles. The number of hydrogen-bond acceptors (Lipinski definition) is 11. The molecule has 1 aromatic heterocycles. The Kier molecular flexibility index (Phi) is 9.37. The molecule has 1 fully saturated rings. The smallest absolute Gasteiger partial charge is 0.459 e. The molecule has 15 heteroatoms. The molecule has 1 aliphatic rings. The third-order valence-electron chi connectivity index (χ3n) is 5.38. The van der Waals surface area contributed by atoms with Gasteiger partial charge in [-0.25, -0.2) is 9.36 Å². The Bertz CT molecular complexity index is 1210. The van der Waals surface area contributed by atoms with Crippen molar-refractivity contribution < 1.29 is 38.1 Å². The van der Waals surface area contributed by atoms with Crippen molar-refractivity contribution in [3.05, 3.63) is 50.6 Å². The number of nitrogens with zero attached hydrogens (tertiary/aromatic N) is 2. The molecular formula is C22H30IN4O9P. The number of hydrogen-bond donors (Lipinski definition) is 4. The monoisotopic (exact) mass is 652 g/mol. The number of nitrogens with two attached hydrogens (primary N) is 1. The Morgan fingerprint density at radius 2 is 2.00 bits per heavy atom. The number of aliphatic hydroxyl groups is 2. The second-order valence-electron chi connectivity index (χ2n) is 8.90. The van der Waals surface area contributed by atoms with E-state index in [2.05, 4.69) is 10.1 Å². The van der Waals surface area contributed by atoms with Crippen molar-refractivity contribution in [3.63, 3.8) is 0 Å². The lowest BCUT2D eigenvalue weighted by Crippen LogP contribution is -2.46. The Labute approximate surface area is 227 Å². The van der Waals surface area contributed by atoms with Gasteiger partial charge in [-0.05, 0) is 62.4 Å². The summed E-state index contributed by atoms with van der Waals surface area (Å²) in [4.78, 5) is 28.4. The van der Waals surface area contributed by atoms with Gasteiger partial charge in [0.25, 0.3) is 0 Å². The van der Waals surface area contributed by atoms with Crippen LogP contribution in [0.5, 0.6) is 5.75 Å². The highest BCUT2D eigenvalue weighted by Gasteiger charge is 2.54. The van der Waals surface area contributed by atoms with Gasteiger partial charge in [0.1, 0.15) is 35.4 Å². The predicted octanol–water partition coefficient (Wildman–Crippen LogP) is 1.57. The summed E-state index contributed by atoms with van der Waals surface area (Å²) in [6, 6.07) is 7.04. The lowest BCUT2D eigenvalue weighted by Gasteiger charge is -2.27. The molecular weight excluding hydrogens is 622 g/mol. The quantitative estimate of drug-likeness (QED) is 0.165. The number of aliphatic hydroxyl groups excluding tert-OH is 1. The zero-order valence-corrected chi connectivity index (χ0v) is 23.7. The van der Waals surface area contributed by atoms with Crippen molar-refractivity contribution in [1.29, 1.82) is 0 Å². The number of nitrogens with one attached hydrogen (secondary N) is 1. The predicted molar refractivity (Wildman–Crippen MR) is 141 cm³/mol. The van der Waals surface area contributed by atoms with Crippen LogP contribution in [0.1, 0.15) is 33.9 Å². The molecule has 37 heavy (non-hydrogen) atoms. The fourth-order valence-corrected chi connectivity index (χ4v) is 5.43. The molecule has 6 atom stereocenters. The number of benzene rings is 1. The maximum atomic E-state index is 13.7. The first-order chi connectivity index (χ1) is 17.2. The topological polar surface area (TPSA) is 184 Å². The zero-order chi connectivity index (χ0) is 27.5. The second-order valence-corrected chi connectivity index (χ2v) is 11.8. The summed E-state index contributed by atoms with van der Waals surface area (Å²) in [6.45, 7) is 5.51. The van der Waals surface area contributed by atoms with E-state index in [1.54, 1.807) is 44.2 Å². The summed E-state index contributed by atoms with van der Waals surface area (Å²) in [6.07, 6.45) is -3.22. The molecule has 0 unspecified atom stereocenters. The van der Waals surface area contributed by atoms with Gasteiger partial charge in [-0.15, -0.1) is 0 Å². The number of halogens is 1. The molecule has 1 aromatic carbocycles. The van der Waals surface area contributed by atoms with Crippen LogP contribution in [0.3, 0.4) is 0 Å². The average Bonchev–Trinajstić information content (AvgIpc) is 3.03. The molecule has 0 amide bonds. The first-order valence-electron chi connectivity index (χ1n) is 11.3. The van der Waals surface area contributed by atoms with Gasteiger partial charge in [0.05, 0.1) is 16.3 Å². The van der Waals surface area contributed by atoms with Crippen LogP contribution < -0.4 is 21.0 Å². The number of ether oxygens (including phenoxy) is 2. The van der Waals surface area contributed by atoms with Crippen molar-refractivity contribution in [3.8, 4) is 5.75 Å². The summed E-state index contributed by atoms with van der Waals surface area (Å²) in [5.74, 6) is -0.481.